The molecule has 0 aliphatic heterocycles. The van der Waals surface area contributed by atoms with Gasteiger partial charge in [0.2, 0.25) is 0 Å². The summed E-state index contributed by atoms with van der Waals surface area (Å²) in [5, 5.41) is 1.51. The van der Waals surface area contributed by atoms with Gasteiger partial charge in [0.15, 0.2) is 5.16 Å². The first-order chi connectivity index (χ1) is 9.93. The molecule has 112 valence electrons. The van der Waals surface area contributed by atoms with E-state index in [1.807, 2.05) is 13.8 Å². The summed E-state index contributed by atoms with van der Waals surface area (Å²) in [6, 6.07) is 4.91. The third kappa shape index (κ3) is 3.39. The number of methoxy groups -OCH3 is 1. The predicted molar refractivity (Wildman–Crippen MR) is 84.1 cm³/mol. The maximum atomic E-state index is 12.6. The number of benzene rings is 1. The minimum atomic E-state index is -0.365. The first kappa shape index (κ1) is 15.9. The molecule has 0 aliphatic rings. The van der Waals surface area contributed by atoms with Crippen molar-refractivity contribution in [3.8, 4) is 0 Å². The second-order valence-corrected chi connectivity index (χ2v) is 6.07. The average molecular weight is 327 g/mol. The SMILES string of the molecule is COC(=O)CSc1nc2cc(Cl)ccc2c(=O)n1C(C)C. The average Bonchev–Trinajstić information content (AvgIpc) is 2.43. The fraction of sp³-hybridized carbons (Fsp3) is 0.357. The van der Waals surface area contributed by atoms with Crippen LogP contribution in [0.2, 0.25) is 5.02 Å². The molecule has 21 heavy (non-hydrogen) atoms. The minimum absolute atomic E-state index is 0.0646. The highest BCUT2D eigenvalue weighted by Gasteiger charge is 2.15. The third-order valence-electron chi connectivity index (χ3n) is 2.89. The van der Waals surface area contributed by atoms with Crippen LogP contribution in [-0.2, 0) is 9.53 Å². The molecule has 1 aromatic carbocycles. The zero-order valence-corrected chi connectivity index (χ0v) is 13.5. The number of thioether (sulfide) groups is 1. The number of fused-ring (bicyclic) bond motifs is 1. The molecule has 5 nitrogen and oxygen atoms in total. The van der Waals surface area contributed by atoms with Crippen LogP contribution in [0.15, 0.2) is 28.2 Å². The van der Waals surface area contributed by atoms with Gasteiger partial charge in [0.05, 0.1) is 23.8 Å². The highest BCUT2D eigenvalue weighted by Crippen LogP contribution is 2.22. The zero-order chi connectivity index (χ0) is 15.6. The number of esters is 1. The van der Waals surface area contributed by atoms with Gasteiger partial charge in [-0.15, -0.1) is 0 Å². The molecule has 2 aromatic rings. The number of nitrogens with zero attached hydrogens (tertiary/aromatic N) is 2. The number of rotatable bonds is 4. The molecule has 0 N–H and O–H groups in total. The first-order valence-corrected chi connectivity index (χ1v) is 7.71. The molecule has 0 unspecified atom stereocenters. The molecule has 0 saturated carbocycles. The first-order valence-electron chi connectivity index (χ1n) is 6.35. The number of hydrogen-bond donors (Lipinski definition) is 0. The number of halogens is 1. The van der Waals surface area contributed by atoms with Crippen molar-refractivity contribution in [1.29, 1.82) is 0 Å². The number of ether oxygens (including phenoxy) is 1. The van der Waals surface area contributed by atoms with E-state index < -0.39 is 0 Å². The fourth-order valence-corrected chi connectivity index (χ4v) is 3.02. The van der Waals surface area contributed by atoms with Crippen molar-refractivity contribution < 1.29 is 9.53 Å². The Kier molecular flexibility index (Phi) is 4.90. The van der Waals surface area contributed by atoms with E-state index >= 15 is 0 Å². The lowest BCUT2D eigenvalue weighted by atomic mass is 10.2. The van der Waals surface area contributed by atoms with Gasteiger partial charge in [0.1, 0.15) is 0 Å². The summed E-state index contributed by atoms with van der Waals surface area (Å²) >= 11 is 7.12. The van der Waals surface area contributed by atoms with Crippen LogP contribution in [-0.4, -0.2) is 28.4 Å². The van der Waals surface area contributed by atoms with Crippen LogP contribution < -0.4 is 5.56 Å². The predicted octanol–water partition coefficient (Wildman–Crippen LogP) is 2.90. The Morgan fingerprint density at radius 3 is 2.81 bits per heavy atom. The van der Waals surface area contributed by atoms with Crippen LogP contribution >= 0.6 is 23.4 Å². The van der Waals surface area contributed by atoms with E-state index in [0.717, 1.165) is 0 Å². The van der Waals surface area contributed by atoms with Crippen molar-refractivity contribution in [2.75, 3.05) is 12.9 Å². The Hall–Kier alpha value is -1.53. The summed E-state index contributed by atoms with van der Waals surface area (Å²) in [6.07, 6.45) is 0. The van der Waals surface area contributed by atoms with Crippen molar-refractivity contribution in [1.82, 2.24) is 9.55 Å². The molecular weight excluding hydrogens is 312 g/mol. The topological polar surface area (TPSA) is 61.2 Å². The zero-order valence-electron chi connectivity index (χ0n) is 11.9. The minimum Gasteiger partial charge on any atom is -0.468 e. The number of carbonyl (C=O) groups excluding carboxylic acids is 1. The highest BCUT2D eigenvalue weighted by atomic mass is 35.5. The van der Waals surface area contributed by atoms with Crippen LogP contribution in [0.1, 0.15) is 19.9 Å². The number of aromatic nitrogens is 2. The molecule has 0 aliphatic carbocycles. The van der Waals surface area contributed by atoms with Gasteiger partial charge in [-0.2, -0.15) is 0 Å². The third-order valence-corrected chi connectivity index (χ3v) is 4.06. The van der Waals surface area contributed by atoms with E-state index in [9.17, 15) is 9.59 Å². The highest BCUT2D eigenvalue weighted by molar-refractivity contribution is 7.99. The lowest BCUT2D eigenvalue weighted by Crippen LogP contribution is -2.25. The quantitative estimate of drug-likeness (QED) is 0.491. The van der Waals surface area contributed by atoms with E-state index in [1.165, 1.54) is 18.9 Å². The van der Waals surface area contributed by atoms with Crippen molar-refractivity contribution in [2.45, 2.75) is 25.0 Å². The second kappa shape index (κ2) is 6.49. The molecule has 0 saturated heterocycles. The Morgan fingerprint density at radius 2 is 2.19 bits per heavy atom. The summed E-state index contributed by atoms with van der Waals surface area (Å²) in [6.45, 7) is 3.79. The summed E-state index contributed by atoms with van der Waals surface area (Å²) in [5.74, 6) is -0.266. The standard InChI is InChI=1S/C14H15ClN2O3S/c1-8(2)17-13(19)10-5-4-9(15)6-11(10)16-14(17)21-7-12(18)20-3/h4-6,8H,7H2,1-3H3. The maximum absolute atomic E-state index is 12.6. The molecule has 0 radical (unpaired) electrons. The maximum Gasteiger partial charge on any atom is 0.316 e. The van der Waals surface area contributed by atoms with Crippen LogP contribution in [0.3, 0.4) is 0 Å². The number of carbonyl (C=O) groups is 1. The fourth-order valence-electron chi connectivity index (χ4n) is 1.89. The van der Waals surface area contributed by atoms with E-state index in [2.05, 4.69) is 9.72 Å². The van der Waals surface area contributed by atoms with E-state index in [4.69, 9.17) is 11.6 Å². The Balaban J connectivity index is 2.58. The normalized spacial score (nSPS) is 11.1. The summed E-state index contributed by atoms with van der Waals surface area (Å²) in [7, 11) is 1.33. The lowest BCUT2D eigenvalue weighted by Gasteiger charge is -2.15. The van der Waals surface area contributed by atoms with Gasteiger partial charge >= 0.3 is 5.97 Å². The molecule has 0 atom stereocenters. The molecule has 0 bridgehead atoms. The summed E-state index contributed by atoms with van der Waals surface area (Å²) < 4.78 is 6.19. The van der Waals surface area contributed by atoms with E-state index in [0.29, 0.717) is 21.1 Å². The second-order valence-electron chi connectivity index (χ2n) is 4.69. The Morgan fingerprint density at radius 1 is 1.48 bits per heavy atom. The van der Waals surface area contributed by atoms with Crippen LogP contribution in [0, 0.1) is 0 Å². The molecule has 0 fully saturated rings. The summed E-state index contributed by atoms with van der Waals surface area (Å²) in [4.78, 5) is 28.3. The van der Waals surface area contributed by atoms with Gasteiger partial charge in [0, 0.05) is 11.1 Å². The van der Waals surface area contributed by atoms with Gasteiger partial charge in [0.25, 0.3) is 5.56 Å². The van der Waals surface area contributed by atoms with Gasteiger partial charge in [-0.25, -0.2) is 4.98 Å². The Labute approximate surface area is 131 Å². The number of hydrogen-bond acceptors (Lipinski definition) is 5. The van der Waals surface area contributed by atoms with E-state index in [-0.39, 0.29) is 23.3 Å². The molecule has 1 aromatic heterocycles. The molecule has 0 spiro atoms. The molecule has 0 amide bonds. The lowest BCUT2D eigenvalue weighted by molar-refractivity contribution is -0.137. The molecule has 2 rings (SSSR count). The smallest absolute Gasteiger partial charge is 0.316 e. The van der Waals surface area contributed by atoms with Gasteiger partial charge in [-0.05, 0) is 32.0 Å². The summed E-state index contributed by atoms with van der Waals surface area (Å²) in [5.41, 5.74) is 0.385. The van der Waals surface area contributed by atoms with Crippen molar-refractivity contribution in [3.63, 3.8) is 0 Å². The van der Waals surface area contributed by atoms with E-state index in [1.54, 1.807) is 22.8 Å². The van der Waals surface area contributed by atoms with Gasteiger partial charge < -0.3 is 4.74 Å². The van der Waals surface area contributed by atoms with Gasteiger partial charge in [-0.1, -0.05) is 23.4 Å². The Bertz CT molecular complexity index is 743. The molecule has 1 heterocycles. The molecule has 7 heteroatoms. The van der Waals surface area contributed by atoms with Crippen molar-refractivity contribution in [2.24, 2.45) is 0 Å². The molecular formula is C14H15ClN2O3S. The van der Waals surface area contributed by atoms with Crippen LogP contribution in [0.5, 0.6) is 0 Å². The van der Waals surface area contributed by atoms with Crippen LogP contribution in [0.25, 0.3) is 10.9 Å². The van der Waals surface area contributed by atoms with Crippen molar-refractivity contribution in [3.05, 3.63) is 33.6 Å². The van der Waals surface area contributed by atoms with Crippen LogP contribution in [0.4, 0.5) is 0 Å². The van der Waals surface area contributed by atoms with Gasteiger partial charge in [-0.3, -0.25) is 14.2 Å². The monoisotopic (exact) mass is 326 g/mol. The largest absolute Gasteiger partial charge is 0.468 e. The van der Waals surface area contributed by atoms with Crippen molar-refractivity contribution >= 4 is 40.2 Å².